The largest absolute Gasteiger partial charge is 0.353 e. The number of allylic oxidation sites excluding steroid dienone is 4. The van der Waals surface area contributed by atoms with Gasteiger partial charge in [-0.05, 0) is 40.1 Å². The molecule has 8 rings (SSSR count). The third kappa shape index (κ3) is 2.30. The molecule has 0 radical (unpaired) electrons. The first-order valence-electron chi connectivity index (χ1n) is 12.0. The fourth-order valence-electron chi connectivity index (χ4n) is 6.15. The normalized spacial score (nSPS) is 16.2. The number of aromatic nitrogens is 2. The summed E-state index contributed by atoms with van der Waals surface area (Å²) in [6.07, 6.45) is 9.96. The summed E-state index contributed by atoms with van der Waals surface area (Å²) in [7, 11) is 0. The number of hydrogen-bond donors (Lipinski definition) is 1. The zero-order valence-corrected chi connectivity index (χ0v) is 18.6. The van der Waals surface area contributed by atoms with Gasteiger partial charge in [-0.1, -0.05) is 97.1 Å². The molecular weight excluding hydrogens is 412 g/mol. The number of H-pyrrole nitrogens is 1. The predicted molar refractivity (Wildman–Crippen MR) is 146 cm³/mol. The quantitative estimate of drug-likeness (QED) is 0.266. The summed E-state index contributed by atoms with van der Waals surface area (Å²) in [5, 5.41) is 10.5. The van der Waals surface area contributed by atoms with Crippen LogP contribution in [-0.4, -0.2) is 9.55 Å². The predicted octanol–water partition coefficient (Wildman–Crippen LogP) is 8.79. The SMILES string of the molecule is C1=CCC(n2c3ccc4ccccc4c3c3ccc4c([nH]c5ccc6ccccc6c54)c32)C=C1. The highest BCUT2D eigenvalue weighted by atomic mass is 15.0. The molecule has 5 aromatic carbocycles. The Morgan fingerprint density at radius 3 is 2.18 bits per heavy atom. The van der Waals surface area contributed by atoms with E-state index >= 15 is 0 Å². The number of hydrogen-bond acceptors (Lipinski definition) is 0. The number of nitrogens with one attached hydrogen (secondary N) is 1. The molecule has 1 N–H and O–H groups in total. The van der Waals surface area contributed by atoms with Crippen LogP contribution < -0.4 is 0 Å². The highest BCUT2D eigenvalue weighted by molar-refractivity contribution is 6.29. The number of fused-ring (bicyclic) bond motifs is 11. The minimum absolute atomic E-state index is 0.292. The van der Waals surface area contributed by atoms with Crippen molar-refractivity contribution in [2.24, 2.45) is 0 Å². The molecule has 2 heterocycles. The van der Waals surface area contributed by atoms with Crippen LogP contribution in [0.15, 0.2) is 109 Å². The Morgan fingerprint density at radius 1 is 0.647 bits per heavy atom. The molecule has 2 nitrogen and oxygen atoms in total. The summed E-state index contributed by atoms with van der Waals surface area (Å²) >= 11 is 0. The lowest BCUT2D eigenvalue weighted by molar-refractivity contribution is 0.649. The number of aromatic amines is 1. The van der Waals surface area contributed by atoms with Gasteiger partial charge < -0.3 is 9.55 Å². The van der Waals surface area contributed by atoms with Crippen molar-refractivity contribution in [1.82, 2.24) is 9.55 Å². The van der Waals surface area contributed by atoms with Crippen molar-refractivity contribution in [3.63, 3.8) is 0 Å². The fourth-order valence-corrected chi connectivity index (χ4v) is 6.15. The van der Waals surface area contributed by atoms with Gasteiger partial charge in [0.1, 0.15) is 0 Å². The smallest absolute Gasteiger partial charge is 0.0743 e. The summed E-state index contributed by atoms with van der Waals surface area (Å²) in [6, 6.07) is 31.5. The first kappa shape index (κ1) is 18.2. The average Bonchev–Trinajstić information content (AvgIpc) is 3.45. The Kier molecular flexibility index (Phi) is 3.53. The van der Waals surface area contributed by atoms with Gasteiger partial charge in [0.25, 0.3) is 0 Å². The van der Waals surface area contributed by atoms with Crippen LogP contribution >= 0.6 is 0 Å². The maximum Gasteiger partial charge on any atom is 0.0743 e. The summed E-state index contributed by atoms with van der Waals surface area (Å²) in [5.74, 6) is 0. The van der Waals surface area contributed by atoms with Crippen molar-refractivity contribution in [2.45, 2.75) is 12.5 Å². The molecule has 0 spiro atoms. The van der Waals surface area contributed by atoms with Gasteiger partial charge in [-0.25, -0.2) is 0 Å². The lowest BCUT2D eigenvalue weighted by Crippen LogP contribution is -2.07. The van der Waals surface area contributed by atoms with E-state index in [2.05, 4.69) is 119 Å². The van der Waals surface area contributed by atoms with E-state index in [1.807, 2.05) is 0 Å². The minimum Gasteiger partial charge on any atom is -0.353 e. The second kappa shape index (κ2) is 6.61. The number of benzene rings is 5. The van der Waals surface area contributed by atoms with Gasteiger partial charge in [0, 0.05) is 27.1 Å². The van der Waals surface area contributed by atoms with Gasteiger partial charge in [-0.2, -0.15) is 0 Å². The van der Waals surface area contributed by atoms with Crippen LogP contribution in [0.25, 0.3) is 65.2 Å². The highest BCUT2D eigenvalue weighted by Crippen LogP contribution is 2.43. The molecule has 0 amide bonds. The Labute approximate surface area is 196 Å². The molecule has 160 valence electrons. The second-order valence-corrected chi connectivity index (χ2v) is 9.39. The van der Waals surface area contributed by atoms with E-state index in [1.54, 1.807) is 0 Å². The zero-order valence-electron chi connectivity index (χ0n) is 18.6. The van der Waals surface area contributed by atoms with E-state index < -0.39 is 0 Å². The van der Waals surface area contributed by atoms with Gasteiger partial charge >= 0.3 is 0 Å². The van der Waals surface area contributed by atoms with Crippen LogP contribution in [0.3, 0.4) is 0 Å². The van der Waals surface area contributed by atoms with Crippen LogP contribution in [0.2, 0.25) is 0 Å². The topological polar surface area (TPSA) is 20.7 Å². The molecule has 2 heteroatoms. The van der Waals surface area contributed by atoms with E-state index in [1.165, 1.54) is 65.2 Å². The van der Waals surface area contributed by atoms with Crippen LogP contribution in [0.1, 0.15) is 12.5 Å². The van der Waals surface area contributed by atoms with Crippen LogP contribution in [-0.2, 0) is 0 Å². The zero-order chi connectivity index (χ0) is 22.2. The minimum atomic E-state index is 0.292. The maximum atomic E-state index is 3.84. The first-order valence-corrected chi connectivity index (χ1v) is 12.0. The molecule has 7 aromatic rings. The summed E-state index contributed by atoms with van der Waals surface area (Å²) in [6.45, 7) is 0. The summed E-state index contributed by atoms with van der Waals surface area (Å²) in [4.78, 5) is 3.84. The van der Waals surface area contributed by atoms with E-state index in [0.717, 1.165) is 6.42 Å². The second-order valence-electron chi connectivity index (χ2n) is 9.39. The molecule has 2 aromatic heterocycles. The van der Waals surface area contributed by atoms with Crippen molar-refractivity contribution in [1.29, 1.82) is 0 Å². The van der Waals surface area contributed by atoms with Crippen molar-refractivity contribution < 1.29 is 0 Å². The molecule has 0 aliphatic heterocycles. The Bertz CT molecular complexity index is 1990. The molecule has 34 heavy (non-hydrogen) atoms. The molecule has 1 aliphatic carbocycles. The van der Waals surface area contributed by atoms with Crippen LogP contribution in [0.4, 0.5) is 0 Å². The Morgan fingerprint density at radius 2 is 1.38 bits per heavy atom. The van der Waals surface area contributed by atoms with Gasteiger partial charge in [0.2, 0.25) is 0 Å². The van der Waals surface area contributed by atoms with E-state index in [0.29, 0.717) is 6.04 Å². The third-order valence-electron chi connectivity index (χ3n) is 7.60. The Hall–Kier alpha value is -4.30. The van der Waals surface area contributed by atoms with E-state index in [4.69, 9.17) is 0 Å². The molecule has 1 aliphatic rings. The van der Waals surface area contributed by atoms with Crippen molar-refractivity contribution >= 4 is 65.2 Å². The van der Waals surface area contributed by atoms with Crippen molar-refractivity contribution in [2.75, 3.05) is 0 Å². The van der Waals surface area contributed by atoms with Gasteiger partial charge in [0.05, 0.1) is 22.6 Å². The number of rotatable bonds is 1. The summed E-state index contributed by atoms with van der Waals surface area (Å²) < 4.78 is 2.57. The van der Waals surface area contributed by atoms with Crippen LogP contribution in [0, 0.1) is 0 Å². The molecular formula is C32H22N2. The van der Waals surface area contributed by atoms with Gasteiger partial charge in [-0.3, -0.25) is 0 Å². The Balaban J connectivity index is 1.63. The molecule has 0 saturated heterocycles. The van der Waals surface area contributed by atoms with Gasteiger partial charge in [-0.15, -0.1) is 0 Å². The maximum absolute atomic E-state index is 3.84. The monoisotopic (exact) mass is 434 g/mol. The molecule has 0 saturated carbocycles. The van der Waals surface area contributed by atoms with Gasteiger partial charge in [0.15, 0.2) is 0 Å². The molecule has 1 atom stereocenters. The third-order valence-corrected chi connectivity index (χ3v) is 7.60. The average molecular weight is 435 g/mol. The summed E-state index contributed by atoms with van der Waals surface area (Å²) in [5.41, 5.74) is 5.03. The standard InChI is InChI=1S/C32H22N2/c1-2-10-22(11-3-1)34-28-19-15-21-9-5-7-13-24(21)30(28)26-17-16-25-29-23-12-6-4-8-20(23)14-18-27(29)33-31(25)32(26)34/h1-10,12-19,22,33H,11H2. The highest BCUT2D eigenvalue weighted by Gasteiger charge is 2.22. The number of nitrogens with zero attached hydrogens (tertiary/aromatic N) is 1. The van der Waals surface area contributed by atoms with E-state index in [-0.39, 0.29) is 0 Å². The van der Waals surface area contributed by atoms with Crippen molar-refractivity contribution in [3.05, 3.63) is 109 Å². The van der Waals surface area contributed by atoms with Crippen molar-refractivity contribution in [3.8, 4) is 0 Å². The molecule has 0 bridgehead atoms. The molecule has 0 fully saturated rings. The van der Waals surface area contributed by atoms with E-state index in [9.17, 15) is 0 Å². The lowest BCUT2D eigenvalue weighted by Gasteiger charge is -2.19. The lowest BCUT2D eigenvalue weighted by atomic mass is 10.0. The molecule has 1 unspecified atom stereocenters. The van der Waals surface area contributed by atoms with Crippen LogP contribution in [0.5, 0.6) is 0 Å². The first-order chi connectivity index (χ1) is 16.9. The fraction of sp³-hybridized carbons (Fsp3) is 0.0625.